The van der Waals surface area contributed by atoms with Crippen LogP contribution in [0, 0.1) is 5.41 Å². The molecule has 0 bridgehead atoms. The first kappa shape index (κ1) is 11.1. The lowest BCUT2D eigenvalue weighted by Crippen LogP contribution is -2.31. The van der Waals surface area contributed by atoms with E-state index < -0.39 is 0 Å². The lowest BCUT2D eigenvalue weighted by molar-refractivity contribution is -0.129. The number of carbonyl (C=O) groups is 1. The molecule has 2 heterocycles. The maximum Gasteiger partial charge on any atom is 0.227 e. The molecule has 0 atom stereocenters. The maximum atomic E-state index is 12.0. The van der Waals surface area contributed by atoms with Crippen LogP contribution in [0.2, 0.25) is 0 Å². The molecule has 1 aliphatic rings. The molecular formula is C13H18N2O. The summed E-state index contributed by atoms with van der Waals surface area (Å²) in [7, 11) is 0. The number of nitrogens with zero attached hydrogens (tertiary/aromatic N) is 2. The smallest absolute Gasteiger partial charge is 0.227 e. The number of carbonyl (C=O) groups excluding carboxylic acids is 1. The van der Waals surface area contributed by atoms with E-state index in [1.54, 1.807) is 12.4 Å². The standard InChI is InChI=1S/C13H18N2O/c1-13(2)5-7-15(10-13)12(16)8-11-4-3-6-14-9-11/h3-4,6,9H,5,7-8,10H2,1-2H3. The van der Waals surface area contributed by atoms with E-state index in [9.17, 15) is 4.79 Å². The number of rotatable bonds is 2. The Balaban J connectivity index is 1.95. The van der Waals surface area contributed by atoms with Crippen LogP contribution >= 0.6 is 0 Å². The van der Waals surface area contributed by atoms with Gasteiger partial charge in [0.05, 0.1) is 6.42 Å². The summed E-state index contributed by atoms with van der Waals surface area (Å²) in [4.78, 5) is 18.0. The highest BCUT2D eigenvalue weighted by molar-refractivity contribution is 5.79. The van der Waals surface area contributed by atoms with Crippen LogP contribution in [-0.2, 0) is 11.2 Å². The van der Waals surface area contributed by atoms with E-state index in [1.165, 1.54) is 0 Å². The van der Waals surface area contributed by atoms with Gasteiger partial charge in [-0.25, -0.2) is 0 Å². The molecule has 16 heavy (non-hydrogen) atoms. The van der Waals surface area contributed by atoms with Crippen molar-refractivity contribution in [2.45, 2.75) is 26.7 Å². The fraction of sp³-hybridized carbons (Fsp3) is 0.538. The molecule has 1 aliphatic heterocycles. The fourth-order valence-corrected chi connectivity index (χ4v) is 2.11. The van der Waals surface area contributed by atoms with Gasteiger partial charge in [0.25, 0.3) is 0 Å². The van der Waals surface area contributed by atoms with Gasteiger partial charge >= 0.3 is 0 Å². The Kier molecular flexibility index (Phi) is 2.95. The Morgan fingerprint density at radius 1 is 1.56 bits per heavy atom. The molecule has 0 spiro atoms. The Hall–Kier alpha value is -1.38. The first-order valence-corrected chi connectivity index (χ1v) is 5.73. The second kappa shape index (κ2) is 4.24. The van der Waals surface area contributed by atoms with Crippen molar-refractivity contribution in [1.29, 1.82) is 0 Å². The summed E-state index contributed by atoms with van der Waals surface area (Å²) in [6, 6.07) is 3.82. The number of hydrogen-bond acceptors (Lipinski definition) is 2. The average Bonchev–Trinajstić information content (AvgIpc) is 2.60. The van der Waals surface area contributed by atoms with Crippen molar-refractivity contribution < 1.29 is 4.79 Å². The van der Waals surface area contributed by atoms with Crippen LogP contribution in [-0.4, -0.2) is 28.9 Å². The zero-order valence-electron chi connectivity index (χ0n) is 9.94. The van der Waals surface area contributed by atoms with Crippen molar-refractivity contribution in [2.24, 2.45) is 5.41 Å². The van der Waals surface area contributed by atoms with E-state index in [1.807, 2.05) is 17.0 Å². The molecule has 1 aromatic heterocycles. The minimum atomic E-state index is 0.221. The van der Waals surface area contributed by atoms with Crippen molar-refractivity contribution in [1.82, 2.24) is 9.88 Å². The molecule has 0 unspecified atom stereocenters. The molecule has 1 aromatic rings. The van der Waals surface area contributed by atoms with E-state index in [0.29, 0.717) is 6.42 Å². The van der Waals surface area contributed by atoms with Crippen LogP contribution in [0.4, 0.5) is 0 Å². The SMILES string of the molecule is CC1(C)CCN(C(=O)Cc2cccnc2)C1. The summed E-state index contributed by atoms with van der Waals surface area (Å²) in [6.07, 6.45) is 5.07. The van der Waals surface area contributed by atoms with E-state index in [0.717, 1.165) is 25.1 Å². The second-order valence-electron chi connectivity index (χ2n) is 5.27. The number of hydrogen-bond donors (Lipinski definition) is 0. The summed E-state index contributed by atoms with van der Waals surface area (Å²) in [5, 5.41) is 0. The molecule has 1 fully saturated rings. The third-order valence-corrected chi connectivity index (χ3v) is 3.11. The molecule has 3 nitrogen and oxygen atoms in total. The molecule has 1 amide bonds. The number of pyridine rings is 1. The lowest BCUT2D eigenvalue weighted by Gasteiger charge is -2.19. The molecule has 0 aromatic carbocycles. The number of likely N-dealkylation sites (tertiary alicyclic amines) is 1. The topological polar surface area (TPSA) is 33.2 Å². The molecule has 86 valence electrons. The minimum Gasteiger partial charge on any atom is -0.342 e. The van der Waals surface area contributed by atoms with E-state index in [2.05, 4.69) is 18.8 Å². The van der Waals surface area contributed by atoms with E-state index >= 15 is 0 Å². The van der Waals surface area contributed by atoms with Gasteiger partial charge in [-0.15, -0.1) is 0 Å². The summed E-state index contributed by atoms with van der Waals surface area (Å²) < 4.78 is 0. The highest BCUT2D eigenvalue weighted by Crippen LogP contribution is 2.28. The van der Waals surface area contributed by atoms with Crippen LogP contribution in [0.15, 0.2) is 24.5 Å². The van der Waals surface area contributed by atoms with Gasteiger partial charge in [0.2, 0.25) is 5.91 Å². The molecule has 2 rings (SSSR count). The minimum absolute atomic E-state index is 0.221. The molecule has 0 N–H and O–H groups in total. The first-order chi connectivity index (χ1) is 7.57. The van der Waals surface area contributed by atoms with Crippen molar-refractivity contribution in [2.75, 3.05) is 13.1 Å². The van der Waals surface area contributed by atoms with Gasteiger partial charge in [0.15, 0.2) is 0 Å². The third-order valence-electron chi connectivity index (χ3n) is 3.11. The maximum absolute atomic E-state index is 12.0. The Morgan fingerprint density at radius 2 is 2.38 bits per heavy atom. The zero-order chi connectivity index (χ0) is 11.6. The molecule has 0 radical (unpaired) electrons. The molecule has 1 saturated heterocycles. The van der Waals surface area contributed by atoms with Crippen molar-refractivity contribution in [3.8, 4) is 0 Å². The quantitative estimate of drug-likeness (QED) is 0.759. The Bertz CT molecular complexity index is 373. The van der Waals surface area contributed by atoms with Gasteiger partial charge in [0.1, 0.15) is 0 Å². The average molecular weight is 218 g/mol. The summed E-state index contributed by atoms with van der Waals surface area (Å²) in [6.45, 7) is 6.20. The monoisotopic (exact) mass is 218 g/mol. The Morgan fingerprint density at radius 3 is 2.94 bits per heavy atom. The highest BCUT2D eigenvalue weighted by Gasteiger charge is 2.31. The van der Waals surface area contributed by atoms with E-state index in [-0.39, 0.29) is 11.3 Å². The van der Waals surface area contributed by atoms with Crippen LogP contribution in [0.5, 0.6) is 0 Å². The van der Waals surface area contributed by atoms with Gasteiger partial charge in [-0.2, -0.15) is 0 Å². The highest BCUT2D eigenvalue weighted by atomic mass is 16.2. The van der Waals surface area contributed by atoms with Gasteiger partial charge < -0.3 is 4.90 Å². The molecular weight excluding hydrogens is 200 g/mol. The van der Waals surface area contributed by atoms with Gasteiger partial charge in [-0.1, -0.05) is 19.9 Å². The summed E-state index contributed by atoms with van der Waals surface area (Å²) in [5.74, 6) is 0.221. The molecule has 0 aliphatic carbocycles. The van der Waals surface area contributed by atoms with Gasteiger partial charge in [-0.05, 0) is 23.5 Å². The fourth-order valence-electron chi connectivity index (χ4n) is 2.11. The lowest BCUT2D eigenvalue weighted by atomic mass is 9.93. The van der Waals surface area contributed by atoms with Crippen LogP contribution in [0.25, 0.3) is 0 Å². The van der Waals surface area contributed by atoms with Crippen molar-refractivity contribution in [3.05, 3.63) is 30.1 Å². The second-order valence-corrected chi connectivity index (χ2v) is 5.27. The molecule has 3 heteroatoms. The van der Waals surface area contributed by atoms with Crippen molar-refractivity contribution in [3.63, 3.8) is 0 Å². The first-order valence-electron chi connectivity index (χ1n) is 5.73. The Labute approximate surface area is 96.5 Å². The number of amides is 1. The largest absolute Gasteiger partial charge is 0.342 e. The van der Waals surface area contributed by atoms with Crippen molar-refractivity contribution >= 4 is 5.91 Å². The summed E-state index contributed by atoms with van der Waals surface area (Å²) in [5.41, 5.74) is 1.28. The molecule has 0 saturated carbocycles. The van der Waals surface area contributed by atoms with Crippen LogP contribution < -0.4 is 0 Å². The zero-order valence-corrected chi connectivity index (χ0v) is 9.94. The van der Waals surface area contributed by atoms with Gasteiger partial charge in [-0.3, -0.25) is 9.78 Å². The van der Waals surface area contributed by atoms with Crippen LogP contribution in [0.1, 0.15) is 25.8 Å². The van der Waals surface area contributed by atoms with E-state index in [4.69, 9.17) is 0 Å². The third kappa shape index (κ3) is 2.60. The van der Waals surface area contributed by atoms with Gasteiger partial charge in [0, 0.05) is 25.5 Å². The number of aromatic nitrogens is 1. The predicted octanol–water partition coefficient (Wildman–Crippen LogP) is 1.88. The predicted molar refractivity (Wildman–Crippen MR) is 62.9 cm³/mol. The summed E-state index contributed by atoms with van der Waals surface area (Å²) >= 11 is 0. The van der Waals surface area contributed by atoms with Crippen LogP contribution in [0.3, 0.4) is 0 Å². The normalized spacial score (nSPS) is 18.8.